The van der Waals surface area contributed by atoms with E-state index in [0.717, 1.165) is 32.4 Å². The first-order chi connectivity index (χ1) is 18.7. The maximum absolute atomic E-state index is 13.9. The summed E-state index contributed by atoms with van der Waals surface area (Å²) in [5.74, 6) is 1.57. The van der Waals surface area contributed by atoms with Gasteiger partial charge in [0.05, 0.1) is 12.7 Å². The highest BCUT2D eigenvalue weighted by Gasteiger charge is 2.36. The molecule has 2 heterocycles. The van der Waals surface area contributed by atoms with Crippen molar-refractivity contribution >= 4 is 56.8 Å². The van der Waals surface area contributed by atoms with Crippen LogP contribution in [0, 0.1) is 13.8 Å². The van der Waals surface area contributed by atoms with Crippen molar-refractivity contribution in [1.29, 1.82) is 0 Å². The zero-order chi connectivity index (χ0) is 27.7. The topological polar surface area (TPSA) is 81.1 Å². The molecule has 3 aromatic carbocycles. The zero-order valence-corrected chi connectivity index (χ0v) is 25.0. The first-order valence-electron chi connectivity index (χ1n) is 12.3. The standard InChI is InChI=1S/C29H27BrClN5O2S/c1-16-9-11-23(17(2)13-16)33-27(37)25-18(3)32-28-34-29(39-15-19-7-5-6-8-22(19)31)35-36(28)26(25)21-14-20(30)10-12-24(21)38-4/h5-14,26H,15H2,1-4H3,(H,33,37)(H,32,34,35). The normalized spacial score (nSPS) is 14.6. The molecule has 0 spiro atoms. The van der Waals surface area contributed by atoms with Gasteiger partial charge in [0.1, 0.15) is 11.8 Å². The monoisotopic (exact) mass is 623 g/mol. The van der Waals surface area contributed by atoms with Gasteiger partial charge in [0.25, 0.3) is 5.91 Å². The molecule has 0 saturated heterocycles. The fraction of sp³-hybridized carbons (Fsp3) is 0.207. The van der Waals surface area contributed by atoms with Crippen molar-refractivity contribution in [3.63, 3.8) is 0 Å². The van der Waals surface area contributed by atoms with E-state index in [1.165, 1.54) is 11.8 Å². The van der Waals surface area contributed by atoms with E-state index >= 15 is 0 Å². The zero-order valence-electron chi connectivity index (χ0n) is 21.9. The second-order valence-electron chi connectivity index (χ2n) is 9.27. The van der Waals surface area contributed by atoms with Crippen LogP contribution >= 0.6 is 39.3 Å². The number of allylic oxidation sites excluding steroid dienone is 1. The van der Waals surface area contributed by atoms with Gasteiger partial charge < -0.3 is 15.4 Å². The van der Waals surface area contributed by atoms with Gasteiger partial charge in [-0.1, -0.05) is 75.2 Å². The summed E-state index contributed by atoms with van der Waals surface area (Å²) in [6.45, 7) is 5.89. The maximum atomic E-state index is 13.9. The van der Waals surface area contributed by atoms with E-state index in [0.29, 0.717) is 38.9 Å². The summed E-state index contributed by atoms with van der Waals surface area (Å²) < 4.78 is 8.34. The molecule has 5 rings (SSSR count). The number of thioether (sulfide) groups is 1. The number of aryl methyl sites for hydroxylation is 2. The number of anilines is 2. The molecule has 1 aliphatic heterocycles. The minimum Gasteiger partial charge on any atom is -0.496 e. The summed E-state index contributed by atoms with van der Waals surface area (Å²) in [5, 5.41) is 12.5. The van der Waals surface area contributed by atoms with Crippen LogP contribution in [0.25, 0.3) is 0 Å². The number of amides is 1. The number of fused-ring (bicyclic) bond motifs is 1. The second-order valence-corrected chi connectivity index (χ2v) is 11.5. The Hall–Kier alpha value is -3.27. The second kappa shape index (κ2) is 11.5. The van der Waals surface area contributed by atoms with Crippen molar-refractivity contribution in [3.8, 4) is 5.75 Å². The van der Waals surface area contributed by atoms with Crippen LogP contribution in [-0.4, -0.2) is 27.8 Å². The fourth-order valence-electron chi connectivity index (χ4n) is 4.59. The van der Waals surface area contributed by atoms with Gasteiger partial charge in [0.2, 0.25) is 11.1 Å². The average molecular weight is 625 g/mol. The van der Waals surface area contributed by atoms with Crippen LogP contribution in [0.3, 0.4) is 0 Å². The first-order valence-corrected chi connectivity index (χ1v) is 14.4. The number of halogens is 2. The highest BCUT2D eigenvalue weighted by atomic mass is 79.9. The molecule has 0 fully saturated rings. The Labute approximate surface area is 245 Å². The molecule has 0 saturated carbocycles. The number of rotatable bonds is 7. The Kier molecular flexibility index (Phi) is 8.02. The minimum absolute atomic E-state index is 0.231. The van der Waals surface area contributed by atoms with Crippen molar-refractivity contribution in [3.05, 3.63) is 104 Å². The van der Waals surface area contributed by atoms with E-state index in [1.807, 2.05) is 81.4 Å². The Morgan fingerprint density at radius 1 is 1.15 bits per heavy atom. The summed E-state index contributed by atoms with van der Waals surface area (Å²) in [7, 11) is 1.62. The lowest BCUT2D eigenvalue weighted by molar-refractivity contribution is -0.113. The van der Waals surface area contributed by atoms with Gasteiger partial charge in [-0.25, -0.2) is 4.68 Å². The van der Waals surface area contributed by atoms with Crippen molar-refractivity contribution in [2.24, 2.45) is 0 Å². The van der Waals surface area contributed by atoms with Crippen LogP contribution in [0.2, 0.25) is 5.02 Å². The van der Waals surface area contributed by atoms with E-state index in [4.69, 9.17) is 26.4 Å². The number of benzene rings is 3. The van der Waals surface area contributed by atoms with Crippen LogP contribution in [0.5, 0.6) is 5.75 Å². The number of carbonyl (C=O) groups is 1. The lowest BCUT2D eigenvalue weighted by atomic mass is 9.94. The van der Waals surface area contributed by atoms with Crippen molar-refractivity contribution in [1.82, 2.24) is 14.8 Å². The molecule has 10 heteroatoms. The number of hydrogen-bond acceptors (Lipinski definition) is 6. The summed E-state index contributed by atoms with van der Waals surface area (Å²) in [5.41, 5.74) is 5.86. The molecule has 200 valence electrons. The van der Waals surface area contributed by atoms with Crippen LogP contribution in [0.4, 0.5) is 11.6 Å². The summed E-state index contributed by atoms with van der Waals surface area (Å²) in [6.07, 6.45) is 0. The number of aromatic nitrogens is 3. The van der Waals surface area contributed by atoms with Gasteiger partial charge in [-0.05, 0) is 62.2 Å². The average Bonchev–Trinajstić information content (AvgIpc) is 3.31. The van der Waals surface area contributed by atoms with Crippen molar-refractivity contribution < 1.29 is 9.53 Å². The maximum Gasteiger partial charge on any atom is 0.255 e. The van der Waals surface area contributed by atoms with Gasteiger partial charge in [0, 0.05) is 32.2 Å². The van der Waals surface area contributed by atoms with E-state index in [1.54, 1.807) is 11.8 Å². The molecule has 1 aromatic heterocycles. The fourth-order valence-corrected chi connectivity index (χ4v) is 6.09. The molecule has 1 unspecified atom stereocenters. The summed E-state index contributed by atoms with van der Waals surface area (Å²) in [4.78, 5) is 18.6. The number of carbonyl (C=O) groups excluding carboxylic acids is 1. The third-order valence-corrected chi connectivity index (χ3v) is 8.26. The van der Waals surface area contributed by atoms with Gasteiger partial charge in [-0.15, -0.1) is 5.10 Å². The Balaban J connectivity index is 1.55. The molecule has 1 amide bonds. The Bertz CT molecular complexity index is 1600. The van der Waals surface area contributed by atoms with Crippen LogP contribution in [0.15, 0.2) is 81.6 Å². The minimum atomic E-state index is -0.582. The molecule has 1 atom stereocenters. The number of nitrogens with one attached hydrogen (secondary N) is 2. The van der Waals surface area contributed by atoms with E-state index in [9.17, 15) is 4.79 Å². The first kappa shape index (κ1) is 27.3. The van der Waals surface area contributed by atoms with Crippen molar-refractivity contribution in [2.75, 3.05) is 17.7 Å². The number of hydrogen-bond donors (Lipinski definition) is 2. The summed E-state index contributed by atoms with van der Waals surface area (Å²) in [6, 6.07) is 18.8. The Morgan fingerprint density at radius 3 is 2.69 bits per heavy atom. The smallest absolute Gasteiger partial charge is 0.255 e. The number of ether oxygens (including phenoxy) is 1. The molecule has 0 bridgehead atoms. The third kappa shape index (κ3) is 5.71. The Morgan fingerprint density at radius 2 is 1.95 bits per heavy atom. The van der Waals surface area contributed by atoms with Gasteiger partial charge >= 0.3 is 0 Å². The number of nitrogens with zero attached hydrogens (tertiary/aromatic N) is 3. The molecule has 0 aliphatic carbocycles. The molecule has 0 radical (unpaired) electrons. The molecular formula is C29H27BrClN5O2S. The lowest BCUT2D eigenvalue weighted by Gasteiger charge is -2.29. The SMILES string of the molecule is COc1ccc(Br)cc1C1C(C(=O)Nc2ccc(C)cc2C)=C(C)Nc2nc(SCc3ccccc3Cl)nn21. The van der Waals surface area contributed by atoms with Gasteiger partial charge in [-0.3, -0.25) is 4.79 Å². The van der Waals surface area contributed by atoms with Crippen LogP contribution in [0.1, 0.15) is 35.2 Å². The van der Waals surface area contributed by atoms with Crippen LogP contribution < -0.4 is 15.4 Å². The van der Waals surface area contributed by atoms with E-state index in [-0.39, 0.29) is 5.91 Å². The molecule has 4 aromatic rings. The highest BCUT2D eigenvalue weighted by molar-refractivity contribution is 9.10. The third-order valence-electron chi connectivity index (χ3n) is 6.51. The quantitative estimate of drug-likeness (QED) is 0.207. The van der Waals surface area contributed by atoms with Gasteiger partial charge in [-0.2, -0.15) is 4.98 Å². The van der Waals surface area contributed by atoms with Crippen molar-refractivity contribution in [2.45, 2.75) is 37.7 Å². The molecule has 7 nitrogen and oxygen atoms in total. The van der Waals surface area contributed by atoms with E-state index in [2.05, 4.69) is 26.6 Å². The predicted molar refractivity (Wildman–Crippen MR) is 161 cm³/mol. The largest absolute Gasteiger partial charge is 0.496 e. The predicted octanol–water partition coefficient (Wildman–Crippen LogP) is 7.54. The van der Waals surface area contributed by atoms with Crippen LogP contribution in [-0.2, 0) is 10.5 Å². The highest BCUT2D eigenvalue weighted by Crippen LogP contribution is 2.41. The molecule has 1 aliphatic rings. The molecule has 39 heavy (non-hydrogen) atoms. The lowest BCUT2D eigenvalue weighted by Crippen LogP contribution is -2.32. The van der Waals surface area contributed by atoms with E-state index < -0.39 is 6.04 Å². The number of methoxy groups -OCH3 is 1. The molecular weight excluding hydrogens is 598 g/mol. The molecule has 2 N–H and O–H groups in total. The summed E-state index contributed by atoms with van der Waals surface area (Å²) >= 11 is 11.4. The van der Waals surface area contributed by atoms with Gasteiger partial charge in [0.15, 0.2) is 0 Å².